The van der Waals surface area contributed by atoms with E-state index in [2.05, 4.69) is 10.6 Å². The van der Waals surface area contributed by atoms with Crippen molar-refractivity contribution in [3.63, 3.8) is 0 Å². The fourth-order valence-corrected chi connectivity index (χ4v) is 8.36. The Labute approximate surface area is 359 Å². The van der Waals surface area contributed by atoms with Gasteiger partial charge in [-0.05, 0) is 54.8 Å². The number of carbonyl (C=O) groups excluding carboxylic acids is 3. The number of aromatic carboxylic acids is 1. The van der Waals surface area contributed by atoms with Crippen LogP contribution < -0.4 is 30.2 Å². The first-order valence-electron chi connectivity index (χ1n) is 21.0. The van der Waals surface area contributed by atoms with Crippen molar-refractivity contribution in [2.75, 3.05) is 85.6 Å². The van der Waals surface area contributed by atoms with Gasteiger partial charge >= 0.3 is 12.0 Å². The van der Waals surface area contributed by atoms with E-state index < -0.39 is 5.97 Å². The van der Waals surface area contributed by atoms with Crippen molar-refractivity contribution in [2.24, 2.45) is 5.92 Å². The first-order chi connectivity index (χ1) is 29.9. The van der Waals surface area contributed by atoms with Crippen molar-refractivity contribution < 1.29 is 42.9 Å². The lowest BCUT2D eigenvalue weighted by Gasteiger charge is -2.46. The second-order valence-electron chi connectivity index (χ2n) is 16.6. The fraction of sp³-hybridized carbons (Fsp3) is 0.383. The Balaban J connectivity index is 0.839. The summed E-state index contributed by atoms with van der Waals surface area (Å²) in [5, 5.41) is 18.0. The van der Waals surface area contributed by atoms with E-state index in [1.807, 2.05) is 103 Å². The number of anilines is 1. The number of hydrogen-bond acceptors (Lipinski definition) is 9. The van der Waals surface area contributed by atoms with Crippen LogP contribution in [0.25, 0.3) is 33.4 Å². The zero-order valence-corrected chi connectivity index (χ0v) is 35.5. The summed E-state index contributed by atoms with van der Waals surface area (Å²) < 4.78 is 26.2. The molecule has 8 rings (SSSR count). The van der Waals surface area contributed by atoms with Gasteiger partial charge in [-0.2, -0.15) is 0 Å². The Morgan fingerprint density at radius 2 is 1.77 bits per heavy atom. The Hall–Kier alpha value is -6.45. The van der Waals surface area contributed by atoms with Crippen LogP contribution in [0.15, 0.2) is 83.3 Å². The molecule has 3 aromatic carbocycles. The number of benzene rings is 4. The molecule has 3 aromatic rings. The molecule has 0 aromatic heterocycles. The zero-order valence-electron chi connectivity index (χ0n) is 35.5. The third-order valence-electron chi connectivity index (χ3n) is 11.8. The van der Waals surface area contributed by atoms with Crippen molar-refractivity contribution in [1.29, 1.82) is 0 Å². The van der Waals surface area contributed by atoms with E-state index in [4.69, 9.17) is 18.6 Å². The molecule has 0 unspecified atom stereocenters. The molecule has 15 nitrogen and oxygen atoms in total. The van der Waals surface area contributed by atoms with Gasteiger partial charge in [0.15, 0.2) is 0 Å². The van der Waals surface area contributed by atoms with E-state index in [1.54, 1.807) is 17.0 Å². The summed E-state index contributed by atoms with van der Waals surface area (Å²) in [4.78, 5) is 56.6. The van der Waals surface area contributed by atoms with Crippen LogP contribution in [-0.2, 0) is 20.9 Å². The molecule has 4 aliphatic heterocycles. The maximum atomic E-state index is 13.4. The maximum absolute atomic E-state index is 13.4. The topological polar surface area (TPSA) is 166 Å². The molecule has 4 amide bonds. The van der Waals surface area contributed by atoms with E-state index in [-0.39, 0.29) is 53.6 Å². The molecule has 0 bridgehead atoms. The average Bonchev–Trinajstić information content (AvgIpc) is 3.25. The van der Waals surface area contributed by atoms with Crippen molar-refractivity contribution in [3.8, 4) is 28.2 Å². The molecule has 1 aliphatic carbocycles. The molecule has 0 radical (unpaired) electrons. The van der Waals surface area contributed by atoms with Gasteiger partial charge < -0.3 is 49.1 Å². The number of carbonyl (C=O) groups is 4. The van der Waals surface area contributed by atoms with Crippen LogP contribution in [0.1, 0.15) is 39.1 Å². The second-order valence-corrected chi connectivity index (χ2v) is 16.6. The fourth-order valence-electron chi connectivity index (χ4n) is 8.36. The lowest BCUT2D eigenvalue weighted by molar-refractivity contribution is -0.139. The van der Waals surface area contributed by atoms with E-state index in [0.717, 1.165) is 27.6 Å². The number of piperidine rings is 1. The lowest BCUT2D eigenvalue weighted by Crippen LogP contribution is -2.64. The van der Waals surface area contributed by atoms with Gasteiger partial charge in [0.1, 0.15) is 37.8 Å². The number of carboxylic acids is 1. The highest BCUT2D eigenvalue weighted by molar-refractivity contribution is 6.09. The van der Waals surface area contributed by atoms with Crippen molar-refractivity contribution in [2.45, 2.75) is 31.6 Å². The molecule has 2 atom stereocenters. The number of morpholine rings is 1. The van der Waals surface area contributed by atoms with Crippen molar-refractivity contribution in [3.05, 3.63) is 101 Å². The van der Waals surface area contributed by atoms with Gasteiger partial charge in [0, 0.05) is 98.2 Å². The minimum Gasteiger partial charge on any atom is -0.493 e. The largest absolute Gasteiger partial charge is 0.493 e. The van der Waals surface area contributed by atoms with Crippen LogP contribution in [0.3, 0.4) is 0 Å². The van der Waals surface area contributed by atoms with E-state index in [9.17, 15) is 24.3 Å². The number of nitrogens with one attached hydrogen (secondary N) is 2. The minimum atomic E-state index is -1.15. The third kappa shape index (κ3) is 9.09. The summed E-state index contributed by atoms with van der Waals surface area (Å²) >= 11 is 0. The van der Waals surface area contributed by atoms with Crippen LogP contribution in [0, 0.1) is 5.92 Å². The molecule has 0 saturated carbocycles. The molecule has 3 fully saturated rings. The highest BCUT2D eigenvalue weighted by atomic mass is 16.5. The molecule has 5 aliphatic rings. The molecule has 62 heavy (non-hydrogen) atoms. The molecule has 3 saturated heterocycles. The van der Waals surface area contributed by atoms with E-state index >= 15 is 0 Å². The number of amides is 4. The van der Waals surface area contributed by atoms with Gasteiger partial charge in [-0.3, -0.25) is 9.59 Å². The number of nitrogens with zero attached hydrogens (tertiary/aromatic N) is 4. The van der Waals surface area contributed by atoms with E-state index in [0.29, 0.717) is 93.6 Å². The summed E-state index contributed by atoms with van der Waals surface area (Å²) in [7, 11) is 7.79. The standard InChI is InChI=1S/C47H52N6O9/c1-50(2)32-11-14-35-41(21-32)62-42-22-33(51(3)4)12-15-36(42)44(35)34-13-10-30(20-37(34)46(56)57)45(55)48-17-7-19-60-39-9-6-5-8-31(39)27-59-26-29-23-53(24-29)47(58)52-18-16-40-38(25-52)49-43(54)28-61-40/h5-6,8-15,20-22,29,38,40H,7,16-19,23-28H2,1-4H3,(H2-,48,49,54,55,56,57)/p+1/t38-,40+/m1/s1. The second kappa shape index (κ2) is 18.3. The molecular weight excluding hydrogens is 793 g/mol. The summed E-state index contributed by atoms with van der Waals surface area (Å²) in [5.74, 6) is -0.134. The molecule has 324 valence electrons. The van der Waals surface area contributed by atoms with Crippen molar-refractivity contribution >= 4 is 40.5 Å². The molecule has 4 heterocycles. The third-order valence-corrected chi connectivity index (χ3v) is 11.8. The Morgan fingerprint density at radius 3 is 2.56 bits per heavy atom. The molecule has 3 N–H and O–H groups in total. The first kappa shape index (κ1) is 42.2. The Kier molecular flexibility index (Phi) is 12.4. The number of hydrogen-bond donors (Lipinski definition) is 3. The minimum absolute atomic E-state index is 0.00745. The van der Waals surface area contributed by atoms with Gasteiger partial charge in [-0.15, -0.1) is 0 Å². The summed E-state index contributed by atoms with van der Waals surface area (Å²) in [6.45, 7) is 3.90. The normalized spacial score (nSPS) is 17.6. The highest BCUT2D eigenvalue weighted by Gasteiger charge is 2.40. The van der Waals surface area contributed by atoms with Gasteiger partial charge in [-0.25, -0.2) is 14.2 Å². The van der Waals surface area contributed by atoms with Gasteiger partial charge in [0.05, 0.1) is 43.6 Å². The molecule has 15 heteroatoms. The number of ether oxygens (including phenoxy) is 3. The number of urea groups is 1. The molecule has 0 spiro atoms. The van der Waals surface area contributed by atoms with E-state index in [1.165, 1.54) is 6.07 Å². The lowest BCUT2D eigenvalue weighted by atomic mass is 9.89. The van der Waals surface area contributed by atoms with Crippen LogP contribution in [0.2, 0.25) is 0 Å². The van der Waals surface area contributed by atoms with Gasteiger partial charge in [-0.1, -0.05) is 24.3 Å². The molecular formula is C47H53N6O9+. The predicted molar refractivity (Wildman–Crippen MR) is 234 cm³/mol. The quantitative estimate of drug-likeness (QED) is 0.0882. The SMILES string of the molecule is CN(C)c1ccc2c(-c3ccc(C(=O)NCCCOc4ccccc4COCC4CN(C(=O)N5CC[C@@H]6OCC(=O)N[C@@H]6C5)C4)cc3C(=O)O)c3ccc(=[N+](C)C)cc-3oc2c1. The summed E-state index contributed by atoms with van der Waals surface area (Å²) in [5.41, 5.74) is 4.65. The number of likely N-dealkylation sites (tertiary alicyclic amines) is 2. The van der Waals surface area contributed by atoms with Crippen LogP contribution >= 0.6 is 0 Å². The predicted octanol–water partition coefficient (Wildman–Crippen LogP) is 4.36. The van der Waals surface area contributed by atoms with Gasteiger partial charge in [0.25, 0.3) is 5.91 Å². The zero-order chi connectivity index (χ0) is 43.5. The first-order valence-corrected chi connectivity index (χ1v) is 21.0. The van der Waals surface area contributed by atoms with Crippen LogP contribution in [0.5, 0.6) is 5.75 Å². The number of fused-ring (bicyclic) bond motifs is 3. The smallest absolute Gasteiger partial charge is 0.336 e. The summed E-state index contributed by atoms with van der Waals surface area (Å²) in [6, 6.07) is 24.0. The number of rotatable bonds is 13. The van der Waals surface area contributed by atoms with Crippen molar-refractivity contribution in [1.82, 2.24) is 25.0 Å². The Morgan fingerprint density at radius 1 is 0.968 bits per heavy atom. The highest BCUT2D eigenvalue weighted by Crippen LogP contribution is 2.42. The Bertz CT molecular complexity index is 2540. The maximum Gasteiger partial charge on any atom is 0.336 e. The van der Waals surface area contributed by atoms with Gasteiger partial charge in [0.2, 0.25) is 11.3 Å². The van der Waals surface area contributed by atoms with Crippen LogP contribution in [-0.4, -0.2) is 132 Å². The monoisotopic (exact) mass is 845 g/mol. The summed E-state index contributed by atoms with van der Waals surface area (Å²) in [6.07, 6.45) is 1.19. The van der Waals surface area contributed by atoms with Crippen LogP contribution in [0.4, 0.5) is 10.5 Å². The average molecular weight is 846 g/mol. The number of carboxylic acid groups (broad SMARTS) is 1. The number of para-hydroxylation sites is 1.